The van der Waals surface area contributed by atoms with E-state index in [0.29, 0.717) is 6.54 Å². The topological polar surface area (TPSA) is 61.1 Å². The highest BCUT2D eigenvalue weighted by molar-refractivity contribution is 5.90. The Morgan fingerprint density at radius 3 is 2.24 bits per heavy atom. The molecule has 0 aliphatic heterocycles. The van der Waals surface area contributed by atoms with E-state index < -0.39 is 5.97 Å². The molecule has 0 N–H and O–H groups in total. The monoisotopic (exact) mass is 235 g/mol. The van der Waals surface area contributed by atoms with Crippen LogP contribution in [0.5, 0.6) is 0 Å². The van der Waals surface area contributed by atoms with Crippen LogP contribution in [0.3, 0.4) is 0 Å². The molecule has 1 aromatic heterocycles. The summed E-state index contributed by atoms with van der Waals surface area (Å²) in [7, 11) is 0. The summed E-state index contributed by atoms with van der Waals surface area (Å²) in [6, 6.07) is 5.60. The van der Waals surface area contributed by atoms with Crippen molar-refractivity contribution < 1.29 is 19.3 Å². The van der Waals surface area contributed by atoms with Gasteiger partial charge in [0.1, 0.15) is 0 Å². The summed E-state index contributed by atoms with van der Waals surface area (Å²) in [4.78, 5) is 20.1. The van der Waals surface area contributed by atoms with Gasteiger partial charge in [0.25, 0.3) is 0 Å². The molecule has 0 unspecified atom stereocenters. The Kier molecular flexibility index (Phi) is 6.48. The van der Waals surface area contributed by atoms with Gasteiger partial charge in [0.05, 0.1) is 0 Å². The van der Waals surface area contributed by atoms with Crippen molar-refractivity contribution >= 4 is 11.8 Å². The van der Waals surface area contributed by atoms with Crippen LogP contribution < -0.4 is 9.67 Å². The van der Waals surface area contributed by atoms with E-state index in [1.807, 2.05) is 35.9 Å². The molecular formula is C13H17NO3. The van der Waals surface area contributed by atoms with Gasteiger partial charge in [-0.1, -0.05) is 6.58 Å². The summed E-state index contributed by atoms with van der Waals surface area (Å²) in [5, 5.41) is 8.89. The van der Waals surface area contributed by atoms with E-state index in [-0.39, 0.29) is 5.78 Å². The third-order valence-electron chi connectivity index (χ3n) is 1.74. The van der Waals surface area contributed by atoms with Crippen LogP contribution in [0.1, 0.15) is 31.3 Å². The van der Waals surface area contributed by atoms with Crippen molar-refractivity contribution in [3.8, 4) is 0 Å². The van der Waals surface area contributed by atoms with Gasteiger partial charge in [-0.25, -0.2) is 0 Å². The first-order chi connectivity index (χ1) is 7.84. The van der Waals surface area contributed by atoms with E-state index in [4.69, 9.17) is 9.90 Å². The quantitative estimate of drug-likeness (QED) is 0.435. The predicted octanol–water partition coefficient (Wildman–Crippen LogP) is 0.509. The Labute approximate surface area is 101 Å². The number of aromatic nitrogens is 1. The van der Waals surface area contributed by atoms with Crippen LogP contribution in [0.25, 0.3) is 0 Å². The van der Waals surface area contributed by atoms with Crippen molar-refractivity contribution in [3.63, 3.8) is 0 Å². The number of carboxylic acids is 1. The number of pyridine rings is 1. The smallest absolute Gasteiger partial charge is 0.248 e. The van der Waals surface area contributed by atoms with Crippen molar-refractivity contribution in [3.05, 3.63) is 42.2 Å². The Bertz CT molecular complexity index is 420. The number of ketones is 1. The van der Waals surface area contributed by atoms with E-state index >= 15 is 0 Å². The molecule has 0 amide bonds. The van der Waals surface area contributed by atoms with Crippen molar-refractivity contribution in [1.29, 1.82) is 0 Å². The maximum absolute atomic E-state index is 11.2. The number of allylic oxidation sites excluding steroid dienone is 1. The van der Waals surface area contributed by atoms with Crippen LogP contribution in [0.4, 0.5) is 0 Å². The molecule has 0 saturated carbocycles. The van der Waals surface area contributed by atoms with E-state index in [0.717, 1.165) is 18.2 Å². The van der Waals surface area contributed by atoms with Crippen LogP contribution >= 0.6 is 0 Å². The highest BCUT2D eigenvalue weighted by Gasteiger charge is 2.13. The maximum atomic E-state index is 11.2. The molecule has 1 aromatic rings. The SMILES string of the molecule is C=C(C)C[n+]1ccccc1C(C)=O.CC(=O)[O-]. The summed E-state index contributed by atoms with van der Waals surface area (Å²) >= 11 is 0. The van der Waals surface area contributed by atoms with E-state index in [1.54, 1.807) is 6.92 Å². The van der Waals surface area contributed by atoms with Crippen LogP contribution in [-0.4, -0.2) is 11.8 Å². The lowest BCUT2D eigenvalue weighted by Crippen LogP contribution is -2.39. The molecule has 17 heavy (non-hydrogen) atoms. The molecule has 0 aromatic carbocycles. The molecule has 0 aliphatic carbocycles. The zero-order valence-electron chi connectivity index (χ0n) is 10.4. The summed E-state index contributed by atoms with van der Waals surface area (Å²) in [6.07, 6.45) is 1.89. The zero-order chi connectivity index (χ0) is 13.4. The van der Waals surface area contributed by atoms with Crippen molar-refractivity contribution in [1.82, 2.24) is 0 Å². The molecule has 0 fully saturated rings. The lowest BCUT2D eigenvalue weighted by molar-refractivity contribution is -0.690. The molecule has 4 nitrogen and oxygen atoms in total. The third-order valence-corrected chi connectivity index (χ3v) is 1.74. The number of aliphatic carboxylic acids is 1. The fourth-order valence-electron chi connectivity index (χ4n) is 1.22. The number of nitrogens with zero attached hydrogens (tertiary/aromatic N) is 1. The lowest BCUT2D eigenvalue weighted by Gasteiger charge is -1.99. The minimum absolute atomic E-state index is 0.0850. The molecule has 0 saturated heterocycles. The standard InChI is InChI=1S/C11H14NO.C2H4O2/c1-9(2)8-12-7-5-4-6-11(12)10(3)13;1-2(3)4/h4-7H,1,8H2,2-3H3;1H3,(H,3,4)/q+1;/p-1. The number of carbonyl (C=O) groups excluding carboxylic acids is 2. The predicted molar refractivity (Wildman–Crippen MR) is 62.1 cm³/mol. The molecule has 1 heterocycles. The molecule has 0 radical (unpaired) electrons. The number of rotatable bonds is 3. The van der Waals surface area contributed by atoms with E-state index in [2.05, 4.69) is 6.58 Å². The Morgan fingerprint density at radius 2 is 1.82 bits per heavy atom. The molecular weight excluding hydrogens is 218 g/mol. The second kappa shape index (κ2) is 7.33. The number of hydrogen-bond acceptors (Lipinski definition) is 3. The highest BCUT2D eigenvalue weighted by atomic mass is 16.4. The lowest BCUT2D eigenvalue weighted by atomic mass is 10.2. The van der Waals surface area contributed by atoms with Gasteiger partial charge in [0, 0.05) is 25.0 Å². The van der Waals surface area contributed by atoms with Crippen molar-refractivity contribution in [2.45, 2.75) is 27.3 Å². The van der Waals surface area contributed by atoms with Gasteiger partial charge < -0.3 is 9.90 Å². The Morgan fingerprint density at radius 1 is 1.29 bits per heavy atom. The van der Waals surface area contributed by atoms with Gasteiger partial charge in [-0.3, -0.25) is 4.79 Å². The summed E-state index contributed by atoms with van der Waals surface area (Å²) < 4.78 is 1.91. The second-order valence-corrected chi connectivity index (χ2v) is 3.72. The molecule has 0 bridgehead atoms. The molecule has 0 spiro atoms. The first kappa shape index (κ1) is 15.0. The van der Waals surface area contributed by atoms with Gasteiger partial charge in [-0.2, -0.15) is 4.57 Å². The second-order valence-electron chi connectivity index (χ2n) is 3.72. The highest BCUT2D eigenvalue weighted by Crippen LogP contribution is 1.95. The average Bonchev–Trinajstić information content (AvgIpc) is 2.16. The molecule has 92 valence electrons. The van der Waals surface area contributed by atoms with Gasteiger partial charge in [0.2, 0.25) is 11.5 Å². The average molecular weight is 235 g/mol. The third kappa shape index (κ3) is 7.00. The minimum Gasteiger partial charge on any atom is -0.550 e. The maximum Gasteiger partial charge on any atom is 0.248 e. The number of carboxylic acid groups (broad SMARTS) is 1. The minimum atomic E-state index is -1.08. The van der Waals surface area contributed by atoms with Crippen LogP contribution in [-0.2, 0) is 11.3 Å². The normalized spacial score (nSPS) is 8.88. The van der Waals surface area contributed by atoms with Crippen LogP contribution in [0, 0.1) is 0 Å². The number of Topliss-reactive ketones (excluding diaryl/α,β-unsaturated/α-hetero) is 1. The molecule has 0 atom stereocenters. The fourth-order valence-corrected chi connectivity index (χ4v) is 1.22. The summed E-state index contributed by atoms with van der Waals surface area (Å²) in [5.74, 6) is -0.998. The molecule has 4 heteroatoms. The Hall–Kier alpha value is -1.97. The largest absolute Gasteiger partial charge is 0.550 e. The fraction of sp³-hybridized carbons (Fsp3) is 0.308. The van der Waals surface area contributed by atoms with Crippen LogP contribution in [0.15, 0.2) is 36.5 Å². The first-order valence-corrected chi connectivity index (χ1v) is 5.16. The van der Waals surface area contributed by atoms with E-state index in [1.165, 1.54) is 0 Å². The van der Waals surface area contributed by atoms with Crippen LogP contribution in [0.2, 0.25) is 0 Å². The van der Waals surface area contributed by atoms with Crippen molar-refractivity contribution in [2.75, 3.05) is 0 Å². The molecule has 1 rings (SSSR count). The van der Waals surface area contributed by atoms with Gasteiger partial charge in [-0.15, -0.1) is 0 Å². The number of carbonyl (C=O) groups is 2. The first-order valence-electron chi connectivity index (χ1n) is 5.16. The van der Waals surface area contributed by atoms with Gasteiger partial charge in [-0.05, 0) is 25.5 Å². The Balaban J connectivity index is 0.000000557. The van der Waals surface area contributed by atoms with Gasteiger partial charge >= 0.3 is 0 Å². The van der Waals surface area contributed by atoms with Crippen molar-refractivity contribution in [2.24, 2.45) is 0 Å². The van der Waals surface area contributed by atoms with Gasteiger partial charge in [0.15, 0.2) is 12.7 Å². The molecule has 0 aliphatic rings. The summed E-state index contributed by atoms with van der Waals surface area (Å²) in [5.41, 5.74) is 1.77. The van der Waals surface area contributed by atoms with E-state index in [9.17, 15) is 4.79 Å². The zero-order valence-corrected chi connectivity index (χ0v) is 10.4. The number of hydrogen-bond donors (Lipinski definition) is 0. The summed E-state index contributed by atoms with van der Waals surface area (Å²) in [6.45, 7) is 9.02.